The van der Waals surface area contributed by atoms with Crippen molar-refractivity contribution in [2.75, 3.05) is 11.4 Å². The Morgan fingerprint density at radius 1 is 1.25 bits per heavy atom. The highest BCUT2D eigenvalue weighted by atomic mass is 16.3. The van der Waals surface area contributed by atoms with E-state index < -0.39 is 6.10 Å². The molecule has 4 nitrogen and oxygen atoms in total. The monoisotopic (exact) mass is 271 g/mol. The zero-order chi connectivity index (χ0) is 14.5. The van der Waals surface area contributed by atoms with Gasteiger partial charge in [-0.1, -0.05) is 12.1 Å². The van der Waals surface area contributed by atoms with Gasteiger partial charge in [-0.3, -0.25) is 4.98 Å². The number of rotatable bonds is 5. The number of hydrogen-bond donors (Lipinski definition) is 1. The van der Waals surface area contributed by atoms with Crippen LogP contribution in [0.25, 0.3) is 0 Å². The topological polar surface area (TPSA) is 49.2 Å². The van der Waals surface area contributed by atoms with Crippen LogP contribution in [-0.2, 0) is 6.54 Å². The van der Waals surface area contributed by atoms with Crippen molar-refractivity contribution < 1.29 is 5.11 Å². The Labute approximate surface area is 120 Å². The van der Waals surface area contributed by atoms with Crippen LogP contribution in [0, 0.1) is 6.92 Å². The van der Waals surface area contributed by atoms with Crippen LogP contribution >= 0.6 is 0 Å². The van der Waals surface area contributed by atoms with E-state index in [1.54, 1.807) is 13.1 Å². The van der Waals surface area contributed by atoms with E-state index in [0.717, 1.165) is 35.9 Å². The summed E-state index contributed by atoms with van der Waals surface area (Å²) < 4.78 is 0. The van der Waals surface area contributed by atoms with Gasteiger partial charge in [-0.15, -0.1) is 0 Å². The molecule has 0 amide bonds. The molecule has 2 aromatic rings. The Kier molecular flexibility index (Phi) is 4.69. The average Bonchev–Trinajstić information content (AvgIpc) is 2.45. The highest BCUT2D eigenvalue weighted by Gasteiger charge is 2.09. The van der Waals surface area contributed by atoms with E-state index in [-0.39, 0.29) is 0 Å². The van der Waals surface area contributed by atoms with Gasteiger partial charge in [0, 0.05) is 18.4 Å². The van der Waals surface area contributed by atoms with Crippen LogP contribution < -0.4 is 4.90 Å². The van der Waals surface area contributed by atoms with Gasteiger partial charge in [0.05, 0.1) is 18.3 Å². The van der Waals surface area contributed by atoms with Gasteiger partial charge in [0.15, 0.2) is 0 Å². The number of aromatic nitrogens is 2. The van der Waals surface area contributed by atoms with E-state index in [9.17, 15) is 5.11 Å². The van der Waals surface area contributed by atoms with Gasteiger partial charge in [0.25, 0.3) is 0 Å². The third-order valence-corrected chi connectivity index (χ3v) is 3.26. The molecule has 20 heavy (non-hydrogen) atoms. The second kappa shape index (κ2) is 6.48. The van der Waals surface area contributed by atoms with Gasteiger partial charge in [0.1, 0.15) is 5.82 Å². The smallest absolute Gasteiger partial charge is 0.128 e. The van der Waals surface area contributed by atoms with E-state index in [0.29, 0.717) is 0 Å². The van der Waals surface area contributed by atoms with Crippen molar-refractivity contribution in [3.63, 3.8) is 0 Å². The fourth-order valence-electron chi connectivity index (χ4n) is 2.07. The minimum absolute atomic E-state index is 0.481. The zero-order valence-corrected chi connectivity index (χ0v) is 12.2. The van der Waals surface area contributed by atoms with Gasteiger partial charge in [-0.05, 0) is 44.5 Å². The maximum Gasteiger partial charge on any atom is 0.128 e. The Balaban J connectivity index is 2.15. The van der Waals surface area contributed by atoms with Crippen LogP contribution in [0.2, 0.25) is 0 Å². The SMILES string of the molecule is CCN(Cc1cccc(C)n1)c1ccc(C(C)O)cn1. The first-order valence-electron chi connectivity index (χ1n) is 6.91. The van der Waals surface area contributed by atoms with Crippen LogP contribution in [0.15, 0.2) is 36.5 Å². The summed E-state index contributed by atoms with van der Waals surface area (Å²) in [5, 5.41) is 9.51. The first-order chi connectivity index (χ1) is 9.60. The summed E-state index contributed by atoms with van der Waals surface area (Å²) in [6.07, 6.45) is 1.25. The summed E-state index contributed by atoms with van der Waals surface area (Å²) in [4.78, 5) is 11.1. The molecule has 4 heteroatoms. The predicted octanol–water partition coefficient (Wildman–Crippen LogP) is 2.86. The predicted molar refractivity (Wildman–Crippen MR) is 80.6 cm³/mol. The second-order valence-corrected chi connectivity index (χ2v) is 4.91. The van der Waals surface area contributed by atoms with Gasteiger partial charge < -0.3 is 10.0 Å². The molecule has 0 radical (unpaired) electrons. The molecule has 2 heterocycles. The number of hydrogen-bond acceptors (Lipinski definition) is 4. The summed E-state index contributed by atoms with van der Waals surface area (Å²) in [6, 6.07) is 9.91. The van der Waals surface area contributed by atoms with E-state index in [1.807, 2.05) is 37.3 Å². The van der Waals surface area contributed by atoms with Crippen molar-refractivity contribution in [1.29, 1.82) is 0 Å². The van der Waals surface area contributed by atoms with E-state index in [1.165, 1.54) is 0 Å². The first kappa shape index (κ1) is 14.5. The third-order valence-electron chi connectivity index (χ3n) is 3.26. The fourth-order valence-corrected chi connectivity index (χ4v) is 2.07. The van der Waals surface area contributed by atoms with E-state index >= 15 is 0 Å². The molecular formula is C16H21N3O. The van der Waals surface area contributed by atoms with Crippen molar-refractivity contribution in [3.8, 4) is 0 Å². The molecule has 0 aliphatic heterocycles. The standard InChI is InChI=1S/C16H21N3O/c1-4-19(11-15-7-5-6-12(2)18-15)16-9-8-14(10-17-16)13(3)20/h5-10,13,20H,4,11H2,1-3H3. The van der Waals surface area contributed by atoms with Crippen LogP contribution in [0.3, 0.4) is 0 Å². The lowest BCUT2D eigenvalue weighted by Gasteiger charge is -2.22. The van der Waals surface area contributed by atoms with Gasteiger partial charge >= 0.3 is 0 Å². The average molecular weight is 271 g/mol. The van der Waals surface area contributed by atoms with Crippen LogP contribution in [0.4, 0.5) is 5.82 Å². The molecule has 2 rings (SSSR count). The molecule has 0 aromatic carbocycles. The maximum atomic E-state index is 9.51. The number of aliphatic hydroxyl groups excluding tert-OH is 1. The van der Waals surface area contributed by atoms with Crippen LogP contribution in [0.1, 0.15) is 36.9 Å². The lowest BCUT2D eigenvalue weighted by molar-refractivity contribution is 0.199. The van der Waals surface area contributed by atoms with Crippen molar-refractivity contribution in [3.05, 3.63) is 53.5 Å². The normalized spacial score (nSPS) is 12.2. The molecule has 0 aliphatic carbocycles. The molecule has 0 aliphatic rings. The number of pyridine rings is 2. The molecule has 0 spiro atoms. The molecule has 0 saturated heterocycles. The molecule has 1 unspecified atom stereocenters. The quantitative estimate of drug-likeness (QED) is 0.908. The zero-order valence-electron chi connectivity index (χ0n) is 12.2. The highest BCUT2D eigenvalue weighted by Crippen LogP contribution is 2.17. The maximum absolute atomic E-state index is 9.51. The van der Waals surface area contributed by atoms with Crippen molar-refractivity contribution in [2.24, 2.45) is 0 Å². The molecule has 1 N–H and O–H groups in total. The van der Waals surface area contributed by atoms with Crippen LogP contribution in [-0.4, -0.2) is 21.6 Å². The summed E-state index contributed by atoms with van der Waals surface area (Å²) in [6.45, 7) is 7.43. The Morgan fingerprint density at radius 2 is 2.05 bits per heavy atom. The minimum Gasteiger partial charge on any atom is -0.389 e. The highest BCUT2D eigenvalue weighted by molar-refractivity contribution is 5.40. The second-order valence-electron chi connectivity index (χ2n) is 4.91. The van der Waals surface area contributed by atoms with Crippen LogP contribution in [0.5, 0.6) is 0 Å². The van der Waals surface area contributed by atoms with Crippen molar-refractivity contribution >= 4 is 5.82 Å². The van der Waals surface area contributed by atoms with Crippen molar-refractivity contribution in [1.82, 2.24) is 9.97 Å². The summed E-state index contributed by atoms with van der Waals surface area (Å²) in [5.74, 6) is 0.903. The number of nitrogens with zero attached hydrogens (tertiary/aromatic N) is 3. The summed E-state index contributed by atoms with van der Waals surface area (Å²) in [7, 11) is 0. The fraction of sp³-hybridized carbons (Fsp3) is 0.375. The Bertz CT molecular complexity index is 552. The molecule has 0 fully saturated rings. The third kappa shape index (κ3) is 3.54. The number of aliphatic hydroxyl groups is 1. The van der Waals surface area contributed by atoms with Crippen molar-refractivity contribution in [2.45, 2.75) is 33.4 Å². The molecule has 1 atom stereocenters. The largest absolute Gasteiger partial charge is 0.389 e. The molecule has 0 bridgehead atoms. The van der Waals surface area contributed by atoms with Gasteiger partial charge in [-0.2, -0.15) is 0 Å². The lowest BCUT2D eigenvalue weighted by Crippen LogP contribution is -2.23. The first-order valence-corrected chi connectivity index (χ1v) is 6.91. The van der Waals surface area contributed by atoms with E-state index in [2.05, 4.69) is 21.8 Å². The van der Waals surface area contributed by atoms with Gasteiger partial charge in [-0.25, -0.2) is 4.98 Å². The summed E-state index contributed by atoms with van der Waals surface area (Å²) in [5.41, 5.74) is 2.89. The number of anilines is 1. The Morgan fingerprint density at radius 3 is 2.60 bits per heavy atom. The molecular weight excluding hydrogens is 250 g/mol. The molecule has 106 valence electrons. The minimum atomic E-state index is -0.481. The molecule has 0 saturated carbocycles. The number of aryl methyl sites for hydroxylation is 1. The Hall–Kier alpha value is -1.94. The van der Waals surface area contributed by atoms with Gasteiger partial charge in [0.2, 0.25) is 0 Å². The summed E-state index contributed by atoms with van der Waals surface area (Å²) >= 11 is 0. The molecule has 2 aromatic heterocycles. The van der Waals surface area contributed by atoms with E-state index in [4.69, 9.17) is 0 Å². The lowest BCUT2D eigenvalue weighted by atomic mass is 10.2.